The number of carbonyl (C=O) groups is 1. The number of hydrogen-bond acceptors (Lipinski definition) is 5. The first-order chi connectivity index (χ1) is 13.2. The third-order valence-electron chi connectivity index (χ3n) is 5.15. The maximum Gasteiger partial charge on any atom is 0.254 e. The average Bonchev–Trinajstić information content (AvgIpc) is 3.20. The smallest absolute Gasteiger partial charge is 0.254 e. The van der Waals surface area contributed by atoms with Crippen LogP contribution >= 0.6 is 0 Å². The largest absolute Gasteiger partial charge is 0.497 e. The summed E-state index contributed by atoms with van der Waals surface area (Å²) in [6, 6.07) is 13.6. The minimum atomic E-state index is 0.0584. The highest BCUT2D eigenvalue weighted by Gasteiger charge is 2.24. The molecule has 1 fully saturated rings. The number of methoxy groups -OCH3 is 1. The molecule has 0 radical (unpaired) electrons. The summed E-state index contributed by atoms with van der Waals surface area (Å²) in [6.07, 6.45) is 1.00. The first kappa shape index (κ1) is 17.7. The molecule has 27 heavy (non-hydrogen) atoms. The lowest BCUT2D eigenvalue weighted by Gasteiger charge is -2.34. The number of rotatable bonds is 5. The Labute approximate surface area is 159 Å². The third-order valence-corrected chi connectivity index (χ3v) is 5.15. The van der Waals surface area contributed by atoms with Crippen LogP contribution in [0.15, 0.2) is 42.5 Å². The maximum atomic E-state index is 12.7. The molecular formula is C21H24N2O4. The Balaban J connectivity index is 1.27. The van der Waals surface area contributed by atoms with E-state index < -0.39 is 0 Å². The van der Waals surface area contributed by atoms with Crippen molar-refractivity contribution in [3.8, 4) is 17.2 Å². The van der Waals surface area contributed by atoms with Gasteiger partial charge in [0, 0.05) is 38.3 Å². The lowest BCUT2D eigenvalue weighted by atomic mass is 10.1. The molecule has 0 aliphatic carbocycles. The molecular weight excluding hydrogens is 344 g/mol. The third kappa shape index (κ3) is 4.01. The van der Waals surface area contributed by atoms with E-state index in [1.54, 1.807) is 19.2 Å². The van der Waals surface area contributed by atoms with Crippen LogP contribution in [0.25, 0.3) is 0 Å². The van der Waals surface area contributed by atoms with Crippen LogP contribution in [0.3, 0.4) is 0 Å². The standard InChI is InChI=1S/C21H24N2O4/c1-25-18-5-2-16(3-6-18)8-9-22-10-12-23(13-11-22)21(24)17-4-7-19-20(14-17)27-15-26-19/h2-7,14H,8-13,15H2,1H3. The Morgan fingerprint density at radius 3 is 2.48 bits per heavy atom. The normalized spacial score (nSPS) is 16.4. The lowest BCUT2D eigenvalue weighted by Crippen LogP contribution is -2.49. The molecule has 2 aromatic carbocycles. The molecule has 0 bridgehead atoms. The van der Waals surface area contributed by atoms with Gasteiger partial charge in [0.15, 0.2) is 11.5 Å². The molecule has 2 aliphatic rings. The fourth-order valence-corrected chi connectivity index (χ4v) is 3.47. The Morgan fingerprint density at radius 2 is 1.74 bits per heavy atom. The summed E-state index contributed by atoms with van der Waals surface area (Å²) in [7, 11) is 1.68. The molecule has 4 rings (SSSR count). The Kier molecular flexibility index (Phi) is 5.16. The zero-order valence-corrected chi connectivity index (χ0v) is 15.5. The predicted molar refractivity (Wildman–Crippen MR) is 102 cm³/mol. The van der Waals surface area contributed by atoms with Crippen molar-refractivity contribution in [2.24, 2.45) is 0 Å². The van der Waals surface area contributed by atoms with Crippen LogP contribution in [0.5, 0.6) is 17.2 Å². The summed E-state index contributed by atoms with van der Waals surface area (Å²) < 4.78 is 15.9. The fraction of sp³-hybridized carbons (Fsp3) is 0.381. The summed E-state index contributed by atoms with van der Waals surface area (Å²) in [6.45, 7) is 4.50. The molecule has 0 saturated carbocycles. The minimum absolute atomic E-state index is 0.0584. The summed E-state index contributed by atoms with van der Waals surface area (Å²) in [5.41, 5.74) is 1.96. The molecule has 0 spiro atoms. The van der Waals surface area contributed by atoms with Crippen molar-refractivity contribution in [3.63, 3.8) is 0 Å². The molecule has 0 N–H and O–H groups in total. The molecule has 0 aromatic heterocycles. The van der Waals surface area contributed by atoms with Gasteiger partial charge >= 0.3 is 0 Å². The predicted octanol–water partition coefficient (Wildman–Crippen LogP) is 2.42. The molecule has 2 aromatic rings. The van der Waals surface area contributed by atoms with Crippen molar-refractivity contribution in [1.82, 2.24) is 9.80 Å². The monoisotopic (exact) mass is 368 g/mol. The second kappa shape index (κ2) is 7.88. The molecule has 6 heteroatoms. The molecule has 6 nitrogen and oxygen atoms in total. The van der Waals surface area contributed by atoms with Crippen LogP contribution in [0.2, 0.25) is 0 Å². The molecule has 1 saturated heterocycles. The van der Waals surface area contributed by atoms with E-state index >= 15 is 0 Å². The fourth-order valence-electron chi connectivity index (χ4n) is 3.47. The van der Waals surface area contributed by atoms with Gasteiger partial charge in [0.1, 0.15) is 5.75 Å². The van der Waals surface area contributed by atoms with Crippen molar-refractivity contribution in [2.75, 3.05) is 46.6 Å². The number of piperazine rings is 1. The topological polar surface area (TPSA) is 51.2 Å². The van der Waals surface area contributed by atoms with Crippen molar-refractivity contribution < 1.29 is 19.0 Å². The first-order valence-electron chi connectivity index (χ1n) is 9.27. The van der Waals surface area contributed by atoms with Gasteiger partial charge in [-0.15, -0.1) is 0 Å². The van der Waals surface area contributed by atoms with Crippen LogP contribution in [0.1, 0.15) is 15.9 Å². The van der Waals surface area contributed by atoms with E-state index in [1.165, 1.54) is 5.56 Å². The van der Waals surface area contributed by atoms with Gasteiger partial charge < -0.3 is 19.1 Å². The van der Waals surface area contributed by atoms with Crippen molar-refractivity contribution in [1.29, 1.82) is 0 Å². The molecule has 0 atom stereocenters. The zero-order valence-electron chi connectivity index (χ0n) is 15.5. The Bertz CT molecular complexity index is 798. The summed E-state index contributed by atoms with van der Waals surface area (Å²) >= 11 is 0. The zero-order chi connectivity index (χ0) is 18.6. The van der Waals surface area contributed by atoms with E-state index in [1.807, 2.05) is 23.1 Å². The van der Waals surface area contributed by atoms with Gasteiger partial charge in [0.05, 0.1) is 7.11 Å². The van der Waals surface area contributed by atoms with E-state index in [0.29, 0.717) is 17.1 Å². The minimum Gasteiger partial charge on any atom is -0.497 e. The van der Waals surface area contributed by atoms with Crippen molar-refractivity contribution in [2.45, 2.75) is 6.42 Å². The molecule has 142 valence electrons. The van der Waals surface area contributed by atoms with E-state index in [4.69, 9.17) is 14.2 Å². The van der Waals surface area contributed by atoms with Gasteiger partial charge in [-0.05, 0) is 42.3 Å². The molecule has 2 aliphatic heterocycles. The molecule has 0 unspecified atom stereocenters. The number of fused-ring (bicyclic) bond motifs is 1. The van der Waals surface area contributed by atoms with Gasteiger partial charge in [-0.1, -0.05) is 12.1 Å². The van der Waals surface area contributed by atoms with E-state index in [9.17, 15) is 4.79 Å². The quantitative estimate of drug-likeness (QED) is 0.811. The first-order valence-corrected chi connectivity index (χ1v) is 9.27. The Hall–Kier alpha value is -2.73. The summed E-state index contributed by atoms with van der Waals surface area (Å²) in [5.74, 6) is 2.30. The van der Waals surface area contributed by atoms with Gasteiger partial charge in [0.2, 0.25) is 6.79 Å². The highest BCUT2D eigenvalue weighted by Crippen LogP contribution is 2.32. The van der Waals surface area contributed by atoms with Crippen molar-refractivity contribution >= 4 is 5.91 Å². The van der Waals surface area contributed by atoms with Gasteiger partial charge in [0.25, 0.3) is 5.91 Å². The highest BCUT2D eigenvalue weighted by atomic mass is 16.7. The number of ether oxygens (including phenoxy) is 3. The second-order valence-electron chi connectivity index (χ2n) is 6.80. The second-order valence-corrected chi connectivity index (χ2v) is 6.80. The van der Waals surface area contributed by atoms with Crippen LogP contribution < -0.4 is 14.2 Å². The van der Waals surface area contributed by atoms with E-state index in [2.05, 4.69) is 17.0 Å². The maximum absolute atomic E-state index is 12.7. The van der Waals surface area contributed by atoms with Crippen molar-refractivity contribution in [3.05, 3.63) is 53.6 Å². The lowest BCUT2D eigenvalue weighted by molar-refractivity contribution is 0.0638. The van der Waals surface area contributed by atoms with Gasteiger partial charge in [-0.3, -0.25) is 9.69 Å². The number of amides is 1. The molecule has 1 amide bonds. The SMILES string of the molecule is COc1ccc(CCN2CCN(C(=O)c3ccc4c(c3)OCO4)CC2)cc1. The number of carbonyl (C=O) groups excluding carboxylic acids is 1. The summed E-state index contributed by atoms with van der Waals surface area (Å²) in [5, 5.41) is 0. The van der Waals surface area contributed by atoms with Gasteiger partial charge in [-0.2, -0.15) is 0 Å². The van der Waals surface area contributed by atoms with E-state index in [-0.39, 0.29) is 12.7 Å². The van der Waals surface area contributed by atoms with Gasteiger partial charge in [-0.25, -0.2) is 0 Å². The number of nitrogens with zero attached hydrogens (tertiary/aromatic N) is 2. The van der Waals surface area contributed by atoms with Crippen LogP contribution in [-0.2, 0) is 6.42 Å². The van der Waals surface area contributed by atoms with Crippen LogP contribution in [-0.4, -0.2) is 62.3 Å². The van der Waals surface area contributed by atoms with Crippen LogP contribution in [0.4, 0.5) is 0 Å². The van der Waals surface area contributed by atoms with Crippen LogP contribution in [0, 0.1) is 0 Å². The highest BCUT2D eigenvalue weighted by molar-refractivity contribution is 5.95. The van der Waals surface area contributed by atoms with E-state index in [0.717, 1.165) is 44.9 Å². The number of hydrogen-bond donors (Lipinski definition) is 0. The summed E-state index contributed by atoms with van der Waals surface area (Å²) in [4.78, 5) is 17.1. The Morgan fingerprint density at radius 1 is 1.00 bits per heavy atom. The average molecular weight is 368 g/mol. The molecule has 2 heterocycles. The number of benzene rings is 2.